The van der Waals surface area contributed by atoms with E-state index in [1.807, 2.05) is 13.8 Å². The van der Waals surface area contributed by atoms with Crippen LogP contribution in [0.2, 0.25) is 0 Å². The highest BCUT2D eigenvalue weighted by atomic mass is 16.5. The molecule has 0 aromatic heterocycles. The summed E-state index contributed by atoms with van der Waals surface area (Å²) in [5.41, 5.74) is -1.18. The number of carbonyl (C=O) groups excluding carboxylic acids is 1. The number of nitrogens with zero attached hydrogens (tertiary/aromatic N) is 1. The number of carboxylic acid groups (broad SMARTS) is 1. The first-order valence-electron chi connectivity index (χ1n) is 6.22. The fraction of sp³-hybridized carbons (Fsp3) is 0.833. The van der Waals surface area contributed by atoms with Gasteiger partial charge in [-0.2, -0.15) is 0 Å². The minimum absolute atomic E-state index is 0.309. The Morgan fingerprint density at radius 3 is 2.39 bits per heavy atom. The summed E-state index contributed by atoms with van der Waals surface area (Å²) in [5.74, 6) is -0.645. The van der Waals surface area contributed by atoms with Crippen LogP contribution in [0, 0.1) is 5.92 Å². The zero-order valence-electron chi connectivity index (χ0n) is 11.2. The van der Waals surface area contributed by atoms with Crippen LogP contribution < -0.4 is 5.32 Å². The van der Waals surface area contributed by atoms with Gasteiger partial charge in [-0.1, -0.05) is 13.8 Å². The van der Waals surface area contributed by atoms with Crippen molar-refractivity contribution in [1.82, 2.24) is 10.2 Å². The third-order valence-electron chi connectivity index (χ3n) is 3.09. The lowest BCUT2D eigenvalue weighted by Crippen LogP contribution is -2.60. The van der Waals surface area contributed by atoms with Gasteiger partial charge in [0.2, 0.25) is 0 Å². The van der Waals surface area contributed by atoms with Crippen molar-refractivity contribution in [2.45, 2.75) is 32.2 Å². The molecule has 18 heavy (non-hydrogen) atoms. The lowest BCUT2D eigenvalue weighted by Gasteiger charge is -2.35. The van der Waals surface area contributed by atoms with E-state index in [0.717, 1.165) is 0 Å². The predicted octanol–water partition coefficient (Wildman–Crippen LogP) is 0.918. The molecule has 2 amide bonds. The van der Waals surface area contributed by atoms with Crippen LogP contribution in [-0.2, 0) is 9.53 Å². The molecule has 0 atom stereocenters. The molecule has 0 saturated carbocycles. The number of amides is 2. The summed E-state index contributed by atoms with van der Waals surface area (Å²) < 4.78 is 5.15. The van der Waals surface area contributed by atoms with Crippen LogP contribution in [-0.4, -0.2) is 54.4 Å². The summed E-state index contributed by atoms with van der Waals surface area (Å²) in [7, 11) is 1.67. The van der Waals surface area contributed by atoms with E-state index in [9.17, 15) is 14.7 Å². The first kappa shape index (κ1) is 14.8. The van der Waals surface area contributed by atoms with Crippen molar-refractivity contribution in [2.24, 2.45) is 5.92 Å². The van der Waals surface area contributed by atoms with E-state index in [0.29, 0.717) is 38.5 Å². The largest absolute Gasteiger partial charge is 0.480 e. The number of hydrogen-bond acceptors (Lipinski definition) is 3. The molecule has 1 aliphatic heterocycles. The average Bonchev–Trinajstić information content (AvgIpc) is 2.29. The standard InChI is InChI=1S/C12H22N2O4/c1-9(2)8-14(3)11(17)13-12(10(15)16)4-6-18-7-5-12/h9H,4-8H2,1-3H3,(H,13,17)(H,15,16). The van der Waals surface area contributed by atoms with Gasteiger partial charge >= 0.3 is 12.0 Å². The van der Waals surface area contributed by atoms with Crippen molar-refractivity contribution in [2.75, 3.05) is 26.8 Å². The molecule has 0 radical (unpaired) electrons. The van der Waals surface area contributed by atoms with Crippen LogP contribution in [0.15, 0.2) is 0 Å². The predicted molar refractivity (Wildman–Crippen MR) is 66.4 cm³/mol. The molecule has 1 rings (SSSR count). The van der Waals surface area contributed by atoms with Gasteiger partial charge in [0.25, 0.3) is 0 Å². The number of rotatable bonds is 4. The van der Waals surface area contributed by atoms with Crippen LogP contribution >= 0.6 is 0 Å². The first-order chi connectivity index (χ1) is 8.37. The zero-order valence-corrected chi connectivity index (χ0v) is 11.2. The van der Waals surface area contributed by atoms with Crippen molar-refractivity contribution >= 4 is 12.0 Å². The van der Waals surface area contributed by atoms with Gasteiger partial charge in [-0.25, -0.2) is 9.59 Å². The van der Waals surface area contributed by atoms with Gasteiger partial charge in [-0.15, -0.1) is 0 Å². The van der Waals surface area contributed by atoms with Crippen LogP contribution in [0.25, 0.3) is 0 Å². The Balaban J connectivity index is 2.66. The summed E-state index contributed by atoms with van der Waals surface area (Å²) >= 11 is 0. The highest BCUT2D eigenvalue weighted by molar-refractivity contribution is 5.86. The molecule has 0 aromatic carbocycles. The quantitative estimate of drug-likeness (QED) is 0.786. The van der Waals surface area contributed by atoms with Crippen molar-refractivity contribution in [3.8, 4) is 0 Å². The van der Waals surface area contributed by atoms with E-state index in [2.05, 4.69) is 5.32 Å². The van der Waals surface area contributed by atoms with Gasteiger partial charge in [0.1, 0.15) is 5.54 Å². The second kappa shape index (κ2) is 6.04. The van der Waals surface area contributed by atoms with Gasteiger partial charge in [0, 0.05) is 39.6 Å². The van der Waals surface area contributed by atoms with Crippen LogP contribution in [0.1, 0.15) is 26.7 Å². The number of aliphatic carboxylic acids is 1. The van der Waals surface area contributed by atoms with Crippen molar-refractivity contribution in [1.29, 1.82) is 0 Å². The minimum atomic E-state index is -1.18. The minimum Gasteiger partial charge on any atom is -0.480 e. The maximum Gasteiger partial charge on any atom is 0.329 e. The molecule has 0 bridgehead atoms. The molecule has 104 valence electrons. The Morgan fingerprint density at radius 2 is 1.94 bits per heavy atom. The van der Waals surface area contributed by atoms with E-state index in [1.165, 1.54) is 4.90 Å². The van der Waals surface area contributed by atoms with Crippen molar-refractivity contribution in [3.05, 3.63) is 0 Å². The fourth-order valence-electron chi connectivity index (χ4n) is 2.04. The maximum absolute atomic E-state index is 12.0. The SMILES string of the molecule is CC(C)CN(C)C(=O)NC1(C(=O)O)CCOCC1. The lowest BCUT2D eigenvalue weighted by atomic mass is 9.90. The molecule has 1 fully saturated rings. The molecule has 0 spiro atoms. The van der Waals surface area contributed by atoms with E-state index in [1.54, 1.807) is 7.05 Å². The van der Waals surface area contributed by atoms with E-state index < -0.39 is 11.5 Å². The van der Waals surface area contributed by atoms with Gasteiger partial charge in [0.05, 0.1) is 0 Å². The molecule has 6 heteroatoms. The normalized spacial score (nSPS) is 18.4. The number of nitrogens with one attached hydrogen (secondary N) is 1. The summed E-state index contributed by atoms with van der Waals surface area (Å²) in [4.78, 5) is 24.9. The number of urea groups is 1. The van der Waals surface area contributed by atoms with Crippen LogP contribution in [0.4, 0.5) is 4.79 Å². The van der Waals surface area contributed by atoms with E-state index in [-0.39, 0.29) is 6.03 Å². The van der Waals surface area contributed by atoms with Crippen LogP contribution in [0.3, 0.4) is 0 Å². The zero-order chi connectivity index (χ0) is 13.8. The van der Waals surface area contributed by atoms with Gasteiger partial charge in [0.15, 0.2) is 0 Å². The highest BCUT2D eigenvalue weighted by Gasteiger charge is 2.42. The van der Waals surface area contributed by atoms with Crippen molar-refractivity contribution < 1.29 is 19.4 Å². The van der Waals surface area contributed by atoms with Crippen molar-refractivity contribution in [3.63, 3.8) is 0 Å². The van der Waals surface area contributed by atoms with Crippen LogP contribution in [0.5, 0.6) is 0 Å². The monoisotopic (exact) mass is 258 g/mol. The molecule has 0 aromatic rings. The number of ether oxygens (including phenoxy) is 1. The smallest absolute Gasteiger partial charge is 0.329 e. The fourth-order valence-corrected chi connectivity index (χ4v) is 2.04. The highest BCUT2D eigenvalue weighted by Crippen LogP contribution is 2.21. The van der Waals surface area contributed by atoms with Gasteiger partial charge in [-0.05, 0) is 5.92 Å². The Hall–Kier alpha value is -1.30. The third kappa shape index (κ3) is 3.60. The second-order valence-electron chi connectivity index (χ2n) is 5.20. The van der Waals surface area contributed by atoms with E-state index >= 15 is 0 Å². The average molecular weight is 258 g/mol. The Morgan fingerprint density at radius 1 is 1.39 bits per heavy atom. The topological polar surface area (TPSA) is 78.9 Å². The number of carboxylic acids is 1. The second-order valence-corrected chi connectivity index (χ2v) is 5.20. The number of carbonyl (C=O) groups is 2. The molecule has 6 nitrogen and oxygen atoms in total. The summed E-state index contributed by atoms with van der Waals surface area (Å²) in [5, 5.41) is 12.0. The Bertz CT molecular complexity index is 311. The molecule has 1 saturated heterocycles. The molecule has 0 aliphatic carbocycles. The third-order valence-corrected chi connectivity index (χ3v) is 3.09. The molecular weight excluding hydrogens is 236 g/mol. The summed E-state index contributed by atoms with van der Waals surface area (Å²) in [6.07, 6.45) is 0.618. The Labute approximate surface area is 107 Å². The maximum atomic E-state index is 12.0. The molecule has 1 aliphatic rings. The summed E-state index contributed by atoms with van der Waals surface area (Å²) in [6, 6.07) is -0.340. The lowest BCUT2D eigenvalue weighted by molar-refractivity contribution is -0.148. The van der Waals surface area contributed by atoms with Gasteiger partial charge < -0.3 is 20.1 Å². The number of hydrogen-bond donors (Lipinski definition) is 2. The molecule has 0 unspecified atom stereocenters. The Kier molecular flexibility index (Phi) is 4.95. The molecule has 1 heterocycles. The van der Waals surface area contributed by atoms with Gasteiger partial charge in [-0.3, -0.25) is 0 Å². The van der Waals surface area contributed by atoms with E-state index in [4.69, 9.17) is 4.74 Å². The summed E-state index contributed by atoms with van der Waals surface area (Å²) in [6.45, 7) is 5.33. The first-order valence-corrected chi connectivity index (χ1v) is 6.22. The molecule has 2 N–H and O–H groups in total. The molecular formula is C12H22N2O4.